The van der Waals surface area contributed by atoms with E-state index in [1.165, 1.54) is 0 Å². The lowest BCUT2D eigenvalue weighted by Crippen LogP contribution is -2.11. The van der Waals surface area contributed by atoms with Crippen LogP contribution in [0.4, 0.5) is 5.69 Å². The van der Waals surface area contributed by atoms with Crippen LogP contribution in [0.1, 0.15) is 65.8 Å². The van der Waals surface area contributed by atoms with Crippen LogP contribution in [-0.2, 0) is 0 Å². The number of hydrogen-bond acceptors (Lipinski definition) is 6. The Bertz CT molecular complexity index is 606. The van der Waals surface area contributed by atoms with Gasteiger partial charge in [0.05, 0.1) is 11.4 Å². The molecule has 0 aromatic carbocycles. The van der Waals surface area contributed by atoms with Crippen LogP contribution in [0.25, 0.3) is 0 Å². The molecule has 29 heavy (non-hydrogen) atoms. The first-order valence-corrected chi connectivity index (χ1v) is 12.4. The van der Waals surface area contributed by atoms with E-state index in [0.717, 1.165) is 54.5 Å². The van der Waals surface area contributed by atoms with Crippen LogP contribution in [-0.4, -0.2) is 65.6 Å². The molecular weight excluding hydrogens is 396 g/mol. The van der Waals surface area contributed by atoms with Crippen molar-refractivity contribution in [1.82, 2.24) is 4.98 Å². The Kier molecular flexibility index (Phi) is 11.3. The van der Waals surface area contributed by atoms with Crippen molar-refractivity contribution >= 4 is 41.6 Å². The molecular formula is C23H40N4S2. The smallest absolute Gasteiger partial charge is 0.0836 e. The van der Waals surface area contributed by atoms with Crippen molar-refractivity contribution in [3.8, 4) is 0 Å². The quantitative estimate of drug-likeness (QED) is 0.323. The van der Waals surface area contributed by atoms with E-state index in [2.05, 4.69) is 68.6 Å². The Labute approximate surface area is 187 Å². The Hall–Kier alpha value is -1.01. The summed E-state index contributed by atoms with van der Waals surface area (Å²) >= 11 is 3.98. The average Bonchev–Trinajstić information content (AvgIpc) is 2.59. The second-order valence-electron chi connectivity index (χ2n) is 9.27. The SMILES string of the molecule is CN(C)c1cc(C=NCCCSC(C)(C)C)nc(C=NCCCSC(C)(C)C)c1. The minimum absolute atomic E-state index is 0.324. The predicted octanol–water partition coefficient (Wildman–Crippen LogP) is 5.83. The van der Waals surface area contributed by atoms with E-state index in [4.69, 9.17) is 4.98 Å². The lowest BCUT2D eigenvalue weighted by atomic mass is 10.2. The van der Waals surface area contributed by atoms with Gasteiger partial charge >= 0.3 is 0 Å². The van der Waals surface area contributed by atoms with Crippen molar-refractivity contribution in [2.45, 2.75) is 63.9 Å². The first-order valence-electron chi connectivity index (χ1n) is 10.4. The molecule has 0 N–H and O–H groups in total. The van der Waals surface area contributed by atoms with Crippen LogP contribution in [0.5, 0.6) is 0 Å². The minimum Gasteiger partial charge on any atom is -0.378 e. The standard InChI is InChI=1S/C23H40N4S2/c1-22(2,3)28-13-9-11-24-17-19-15-21(27(7)8)16-20(26-19)18-25-12-10-14-29-23(4,5)6/h15-18H,9-14H2,1-8H3. The molecule has 4 nitrogen and oxygen atoms in total. The first-order chi connectivity index (χ1) is 13.5. The summed E-state index contributed by atoms with van der Waals surface area (Å²) in [7, 11) is 4.09. The summed E-state index contributed by atoms with van der Waals surface area (Å²) in [6.07, 6.45) is 5.97. The summed E-state index contributed by atoms with van der Waals surface area (Å²) in [6.45, 7) is 15.2. The number of anilines is 1. The number of thioether (sulfide) groups is 2. The fraction of sp³-hybridized carbons (Fsp3) is 0.696. The molecule has 164 valence electrons. The van der Waals surface area contributed by atoms with Crippen molar-refractivity contribution < 1.29 is 0 Å². The number of pyridine rings is 1. The van der Waals surface area contributed by atoms with Crippen LogP contribution in [0.2, 0.25) is 0 Å². The van der Waals surface area contributed by atoms with Gasteiger partial charge in [0, 0.05) is 54.8 Å². The number of aliphatic imine (C=N–C) groups is 2. The van der Waals surface area contributed by atoms with Gasteiger partial charge in [-0.05, 0) is 36.5 Å². The third kappa shape index (κ3) is 13.8. The molecule has 0 spiro atoms. The van der Waals surface area contributed by atoms with Gasteiger partial charge in [0.1, 0.15) is 0 Å². The van der Waals surface area contributed by atoms with Gasteiger partial charge in [-0.3, -0.25) is 9.98 Å². The Morgan fingerprint density at radius 1 is 0.828 bits per heavy atom. The molecule has 0 atom stereocenters. The molecule has 0 saturated heterocycles. The van der Waals surface area contributed by atoms with Gasteiger partial charge in [0.25, 0.3) is 0 Å². The van der Waals surface area contributed by atoms with Crippen molar-refractivity contribution in [2.75, 3.05) is 43.6 Å². The fourth-order valence-corrected chi connectivity index (χ4v) is 4.10. The monoisotopic (exact) mass is 436 g/mol. The summed E-state index contributed by atoms with van der Waals surface area (Å²) in [5, 5.41) is 0. The molecule has 0 unspecified atom stereocenters. The van der Waals surface area contributed by atoms with Gasteiger partial charge < -0.3 is 4.90 Å². The van der Waals surface area contributed by atoms with E-state index >= 15 is 0 Å². The highest BCUT2D eigenvalue weighted by molar-refractivity contribution is 8.00. The number of aromatic nitrogens is 1. The molecule has 1 aromatic rings. The van der Waals surface area contributed by atoms with Gasteiger partial charge in [0.2, 0.25) is 0 Å². The van der Waals surface area contributed by atoms with E-state index in [1.54, 1.807) is 0 Å². The van der Waals surface area contributed by atoms with Gasteiger partial charge in [-0.2, -0.15) is 23.5 Å². The molecule has 0 amide bonds. The molecule has 1 aromatic heterocycles. The van der Waals surface area contributed by atoms with Crippen LogP contribution in [0.15, 0.2) is 22.1 Å². The van der Waals surface area contributed by atoms with Gasteiger partial charge in [-0.25, -0.2) is 4.98 Å². The van der Waals surface area contributed by atoms with Crippen molar-refractivity contribution in [1.29, 1.82) is 0 Å². The maximum atomic E-state index is 4.69. The van der Waals surface area contributed by atoms with E-state index in [0.29, 0.717) is 9.49 Å². The van der Waals surface area contributed by atoms with E-state index in [-0.39, 0.29) is 0 Å². The van der Waals surface area contributed by atoms with Gasteiger partial charge in [-0.15, -0.1) is 0 Å². The van der Waals surface area contributed by atoms with Crippen molar-refractivity contribution in [2.24, 2.45) is 9.98 Å². The molecule has 0 aliphatic heterocycles. The van der Waals surface area contributed by atoms with E-state index in [1.807, 2.05) is 50.0 Å². The molecule has 1 rings (SSSR count). The Balaban J connectivity index is 2.60. The third-order valence-electron chi connectivity index (χ3n) is 3.75. The van der Waals surface area contributed by atoms with Crippen LogP contribution >= 0.6 is 23.5 Å². The van der Waals surface area contributed by atoms with Crippen LogP contribution in [0, 0.1) is 0 Å². The number of hydrogen-bond donors (Lipinski definition) is 0. The topological polar surface area (TPSA) is 40.9 Å². The summed E-state index contributed by atoms with van der Waals surface area (Å²) in [4.78, 5) is 15.9. The van der Waals surface area contributed by atoms with Crippen molar-refractivity contribution in [3.63, 3.8) is 0 Å². The molecule has 0 aliphatic carbocycles. The highest BCUT2D eigenvalue weighted by atomic mass is 32.2. The van der Waals surface area contributed by atoms with E-state index in [9.17, 15) is 0 Å². The molecule has 0 radical (unpaired) electrons. The highest BCUT2D eigenvalue weighted by Gasteiger charge is 2.09. The lowest BCUT2D eigenvalue weighted by molar-refractivity contribution is 0.797. The Morgan fingerprint density at radius 3 is 1.59 bits per heavy atom. The second-order valence-corrected chi connectivity index (χ2v) is 13.1. The third-order valence-corrected chi connectivity index (χ3v) is 6.46. The molecule has 0 saturated carbocycles. The fourth-order valence-electron chi connectivity index (χ4n) is 2.33. The second kappa shape index (κ2) is 12.6. The predicted molar refractivity (Wildman–Crippen MR) is 137 cm³/mol. The summed E-state index contributed by atoms with van der Waals surface area (Å²) < 4.78 is 0.649. The zero-order chi connectivity index (χ0) is 21.9. The molecule has 0 aliphatic rings. The molecule has 0 fully saturated rings. The normalized spacial score (nSPS) is 13.0. The van der Waals surface area contributed by atoms with Crippen molar-refractivity contribution in [3.05, 3.63) is 23.5 Å². The minimum atomic E-state index is 0.324. The van der Waals surface area contributed by atoms with Crippen LogP contribution < -0.4 is 4.90 Å². The van der Waals surface area contributed by atoms with Gasteiger partial charge in [-0.1, -0.05) is 41.5 Å². The largest absolute Gasteiger partial charge is 0.378 e. The van der Waals surface area contributed by atoms with Gasteiger partial charge in [0.15, 0.2) is 0 Å². The zero-order valence-corrected chi connectivity index (χ0v) is 21.3. The zero-order valence-electron chi connectivity index (χ0n) is 19.7. The molecule has 6 heteroatoms. The number of rotatable bonds is 11. The highest BCUT2D eigenvalue weighted by Crippen LogP contribution is 2.24. The summed E-state index contributed by atoms with van der Waals surface area (Å²) in [6, 6.07) is 4.15. The maximum Gasteiger partial charge on any atom is 0.0836 e. The maximum absolute atomic E-state index is 4.69. The first kappa shape index (κ1) is 26.0. The average molecular weight is 437 g/mol. The van der Waals surface area contributed by atoms with Crippen LogP contribution in [0.3, 0.4) is 0 Å². The lowest BCUT2D eigenvalue weighted by Gasteiger charge is -2.16. The summed E-state index contributed by atoms with van der Waals surface area (Å²) in [5.74, 6) is 2.27. The number of nitrogens with zero attached hydrogens (tertiary/aromatic N) is 4. The molecule has 0 bridgehead atoms. The summed E-state index contributed by atoms with van der Waals surface area (Å²) in [5.41, 5.74) is 2.91. The van der Waals surface area contributed by atoms with E-state index < -0.39 is 0 Å². The Morgan fingerprint density at radius 2 is 1.24 bits per heavy atom. The molecule has 1 heterocycles.